The van der Waals surface area contributed by atoms with Crippen LogP contribution in [0.3, 0.4) is 0 Å². The van der Waals surface area contributed by atoms with Crippen LogP contribution in [0.5, 0.6) is 0 Å². The van der Waals surface area contributed by atoms with Crippen LogP contribution in [0.15, 0.2) is 18.3 Å². The van der Waals surface area contributed by atoms with E-state index < -0.39 is 0 Å². The third-order valence-electron chi connectivity index (χ3n) is 1.58. The molecule has 0 aliphatic carbocycles. The monoisotopic (exact) mass is 173 g/mol. The van der Waals surface area contributed by atoms with Crippen LogP contribution in [0.25, 0.3) is 0 Å². The van der Waals surface area contributed by atoms with Gasteiger partial charge in [0.15, 0.2) is 11.9 Å². The SMILES string of the molecule is CCc1ccc(C)[n+]([O-])c1.Cl. The van der Waals surface area contributed by atoms with Crippen molar-refractivity contribution in [3.63, 3.8) is 0 Å². The van der Waals surface area contributed by atoms with Gasteiger partial charge in [0.2, 0.25) is 0 Å². The Morgan fingerprint density at radius 2 is 2.09 bits per heavy atom. The number of hydrogen-bond acceptors (Lipinski definition) is 1. The number of halogens is 1. The second kappa shape index (κ2) is 4.19. The van der Waals surface area contributed by atoms with E-state index in [9.17, 15) is 5.21 Å². The Morgan fingerprint density at radius 3 is 2.55 bits per heavy atom. The maximum atomic E-state index is 10.9. The lowest BCUT2D eigenvalue weighted by Gasteiger charge is -2.00. The molecule has 0 radical (unpaired) electrons. The van der Waals surface area contributed by atoms with Gasteiger partial charge in [0.1, 0.15) is 0 Å². The van der Waals surface area contributed by atoms with E-state index in [0.717, 1.165) is 22.4 Å². The largest absolute Gasteiger partial charge is 0.619 e. The van der Waals surface area contributed by atoms with Gasteiger partial charge in [-0.25, -0.2) is 0 Å². The Hall–Kier alpha value is -0.760. The summed E-state index contributed by atoms with van der Waals surface area (Å²) in [7, 11) is 0. The predicted molar refractivity (Wildman–Crippen MR) is 46.8 cm³/mol. The molecular formula is C8H12ClNO. The molecule has 0 bridgehead atoms. The molecule has 0 fully saturated rings. The van der Waals surface area contributed by atoms with Crippen LogP contribution in [-0.2, 0) is 6.42 Å². The van der Waals surface area contributed by atoms with Crippen molar-refractivity contribution in [3.05, 3.63) is 34.8 Å². The van der Waals surface area contributed by atoms with Crippen molar-refractivity contribution in [2.75, 3.05) is 0 Å². The van der Waals surface area contributed by atoms with Gasteiger partial charge in [0, 0.05) is 18.6 Å². The summed E-state index contributed by atoms with van der Waals surface area (Å²) < 4.78 is 0.902. The van der Waals surface area contributed by atoms with Crippen molar-refractivity contribution in [2.45, 2.75) is 20.3 Å². The van der Waals surface area contributed by atoms with Gasteiger partial charge in [-0.1, -0.05) is 6.92 Å². The summed E-state index contributed by atoms with van der Waals surface area (Å²) in [5.74, 6) is 0. The average Bonchev–Trinajstić information content (AvgIpc) is 1.95. The number of aromatic nitrogens is 1. The van der Waals surface area contributed by atoms with Crippen LogP contribution in [-0.4, -0.2) is 0 Å². The molecule has 0 aromatic carbocycles. The molecule has 1 heterocycles. The summed E-state index contributed by atoms with van der Waals surface area (Å²) >= 11 is 0. The Morgan fingerprint density at radius 1 is 1.45 bits per heavy atom. The second-order valence-electron chi connectivity index (χ2n) is 2.36. The standard InChI is InChI=1S/C8H11NO.ClH/c1-3-8-5-4-7(2)9(10)6-8;/h4-6H,3H2,1-2H3;1H. The summed E-state index contributed by atoms with van der Waals surface area (Å²) in [6, 6.07) is 3.82. The van der Waals surface area contributed by atoms with E-state index in [4.69, 9.17) is 0 Å². The predicted octanol–water partition coefficient (Wildman–Crippen LogP) is 1.61. The zero-order valence-electron chi connectivity index (χ0n) is 6.70. The van der Waals surface area contributed by atoms with Gasteiger partial charge in [-0.05, 0) is 12.5 Å². The molecule has 0 spiro atoms. The number of aryl methyl sites for hydroxylation is 2. The molecule has 0 amide bonds. The Labute approximate surface area is 72.9 Å². The first-order chi connectivity index (χ1) is 4.74. The average molecular weight is 174 g/mol. The molecule has 3 heteroatoms. The van der Waals surface area contributed by atoms with E-state index in [2.05, 4.69) is 0 Å². The molecule has 0 saturated heterocycles. The lowest BCUT2D eigenvalue weighted by Crippen LogP contribution is -2.29. The lowest BCUT2D eigenvalue weighted by molar-refractivity contribution is -0.612. The number of rotatable bonds is 1. The zero-order valence-corrected chi connectivity index (χ0v) is 7.52. The molecular weight excluding hydrogens is 162 g/mol. The van der Waals surface area contributed by atoms with Gasteiger partial charge in [-0.3, -0.25) is 0 Å². The summed E-state index contributed by atoms with van der Waals surface area (Å²) in [5, 5.41) is 10.9. The first kappa shape index (κ1) is 10.2. The quantitative estimate of drug-likeness (QED) is 0.468. The van der Waals surface area contributed by atoms with E-state index in [1.54, 1.807) is 13.1 Å². The Bertz CT molecular complexity index is 238. The van der Waals surface area contributed by atoms with Crippen molar-refractivity contribution >= 4 is 12.4 Å². The van der Waals surface area contributed by atoms with Crippen molar-refractivity contribution in [3.8, 4) is 0 Å². The molecule has 0 saturated carbocycles. The first-order valence-electron chi connectivity index (χ1n) is 3.42. The highest BCUT2D eigenvalue weighted by Gasteiger charge is 1.97. The van der Waals surface area contributed by atoms with Crippen molar-refractivity contribution in [1.29, 1.82) is 0 Å². The van der Waals surface area contributed by atoms with Crippen LogP contribution < -0.4 is 4.73 Å². The molecule has 2 nitrogen and oxygen atoms in total. The molecule has 0 aliphatic rings. The van der Waals surface area contributed by atoms with E-state index in [-0.39, 0.29) is 12.4 Å². The van der Waals surface area contributed by atoms with Gasteiger partial charge in [-0.2, -0.15) is 4.73 Å². The smallest absolute Gasteiger partial charge is 0.189 e. The minimum atomic E-state index is 0. The van der Waals surface area contributed by atoms with Gasteiger partial charge >= 0.3 is 0 Å². The third-order valence-corrected chi connectivity index (χ3v) is 1.58. The highest BCUT2D eigenvalue weighted by atomic mass is 35.5. The molecule has 0 unspecified atom stereocenters. The number of nitrogens with zero attached hydrogens (tertiary/aromatic N) is 1. The fourth-order valence-corrected chi connectivity index (χ4v) is 0.806. The third kappa shape index (κ3) is 2.39. The Kier molecular flexibility index (Phi) is 3.90. The summed E-state index contributed by atoms with van der Waals surface area (Å²) in [4.78, 5) is 0. The fraction of sp³-hybridized carbons (Fsp3) is 0.375. The van der Waals surface area contributed by atoms with E-state index in [1.807, 2.05) is 19.1 Å². The van der Waals surface area contributed by atoms with Crippen molar-refractivity contribution in [2.24, 2.45) is 0 Å². The molecule has 0 atom stereocenters. The highest BCUT2D eigenvalue weighted by molar-refractivity contribution is 5.85. The van der Waals surface area contributed by atoms with Gasteiger partial charge in [0.25, 0.3) is 0 Å². The topological polar surface area (TPSA) is 26.9 Å². The molecule has 1 rings (SSSR count). The van der Waals surface area contributed by atoms with Gasteiger partial charge in [-0.15, -0.1) is 12.4 Å². The van der Waals surface area contributed by atoms with E-state index in [0.29, 0.717) is 0 Å². The lowest BCUT2D eigenvalue weighted by atomic mass is 10.2. The van der Waals surface area contributed by atoms with Crippen LogP contribution in [0.4, 0.5) is 0 Å². The fourth-order valence-electron chi connectivity index (χ4n) is 0.806. The maximum Gasteiger partial charge on any atom is 0.189 e. The second-order valence-corrected chi connectivity index (χ2v) is 2.36. The summed E-state index contributed by atoms with van der Waals surface area (Å²) in [6.07, 6.45) is 2.54. The van der Waals surface area contributed by atoms with Crippen LogP contribution in [0.1, 0.15) is 18.2 Å². The molecule has 0 N–H and O–H groups in total. The number of hydrogen-bond donors (Lipinski definition) is 0. The number of pyridine rings is 1. The molecule has 0 aliphatic heterocycles. The Balaban J connectivity index is 0.000001000. The summed E-state index contributed by atoms with van der Waals surface area (Å²) in [5.41, 5.74) is 1.83. The first-order valence-corrected chi connectivity index (χ1v) is 3.42. The molecule has 62 valence electrons. The molecule has 1 aromatic rings. The molecule has 1 aromatic heterocycles. The minimum absolute atomic E-state index is 0. The summed E-state index contributed by atoms with van der Waals surface area (Å²) in [6.45, 7) is 3.83. The van der Waals surface area contributed by atoms with Gasteiger partial charge < -0.3 is 5.21 Å². The van der Waals surface area contributed by atoms with E-state index >= 15 is 0 Å². The maximum absolute atomic E-state index is 10.9. The van der Waals surface area contributed by atoms with Crippen LogP contribution in [0.2, 0.25) is 0 Å². The van der Waals surface area contributed by atoms with Crippen LogP contribution >= 0.6 is 12.4 Å². The highest BCUT2D eigenvalue weighted by Crippen LogP contribution is 1.96. The minimum Gasteiger partial charge on any atom is -0.619 e. The van der Waals surface area contributed by atoms with Crippen LogP contribution in [0, 0.1) is 12.1 Å². The van der Waals surface area contributed by atoms with Gasteiger partial charge in [0.05, 0.1) is 0 Å². The zero-order chi connectivity index (χ0) is 7.56. The van der Waals surface area contributed by atoms with Crippen molar-refractivity contribution < 1.29 is 4.73 Å². The molecule has 11 heavy (non-hydrogen) atoms. The van der Waals surface area contributed by atoms with Crippen molar-refractivity contribution in [1.82, 2.24) is 0 Å². The normalized spacial score (nSPS) is 8.91. The van der Waals surface area contributed by atoms with E-state index in [1.165, 1.54) is 0 Å².